The first-order valence-corrected chi connectivity index (χ1v) is 15.8. The Balaban J connectivity index is 1.61. The second kappa shape index (κ2) is 10.8. The van der Waals surface area contributed by atoms with Crippen LogP contribution >= 0.6 is 11.8 Å². The quantitative estimate of drug-likeness (QED) is 0.289. The normalized spacial score (nSPS) is 18.8. The van der Waals surface area contributed by atoms with Crippen molar-refractivity contribution < 1.29 is 17.2 Å². The number of nitrogens with one attached hydrogen (secondary N) is 1. The molecule has 1 aliphatic carbocycles. The third-order valence-corrected chi connectivity index (χ3v) is 9.10. The number of nitrogens with zero attached hydrogens (tertiary/aromatic N) is 5. The summed E-state index contributed by atoms with van der Waals surface area (Å²) in [7, 11) is -3.51. The Morgan fingerprint density at radius 1 is 1.07 bits per heavy atom. The van der Waals surface area contributed by atoms with Crippen molar-refractivity contribution in [2.75, 3.05) is 17.2 Å². The Hall–Kier alpha value is -3.51. The van der Waals surface area contributed by atoms with Gasteiger partial charge in [-0.25, -0.2) is 27.2 Å². The van der Waals surface area contributed by atoms with Crippen LogP contribution in [0.1, 0.15) is 54.7 Å². The van der Waals surface area contributed by atoms with Gasteiger partial charge in [-0.05, 0) is 74.3 Å². The van der Waals surface area contributed by atoms with Gasteiger partial charge in [0.2, 0.25) is 16.0 Å². The summed E-state index contributed by atoms with van der Waals surface area (Å²) in [5.74, 6) is -1.21. The number of sulfonamides is 1. The van der Waals surface area contributed by atoms with Crippen LogP contribution in [0.25, 0.3) is 22.5 Å². The summed E-state index contributed by atoms with van der Waals surface area (Å²) in [5, 5.41) is 8.92. The zero-order chi connectivity index (χ0) is 28.7. The second-order valence-electron chi connectivity index (χ2n) is 9.78. The zero-order valence-electron chi connectivity index (χ0n) is 22.4. The van der Waals surface area contributed by atoms with E-state index in [4.69, 9.17) is 4.98 Å². The third kappa shape index (κ3) is 5.17. The van der Waals surface area contributed by atoms with Crippen molar-refractivity contribution >= 4 is 27.7 Å². The van der Waals surface area contributed by atoms with Crippen molar-refractivity contribution in [2.45, 2.75) is 43.8 Å². The highest BCUT2D eigenvalue weighted by Gasteiger charge is 2.44. The molecule has 1 aliphatic rings. The van der Waals surface area contributed by atoms with Gasteiger partial charge in [0.15, 0.2) is 0 Å². The fraction of sp³-hybridized carbons (Fsp3) is 0.321. The Bertz CT molecular complexity index is 1680. The van der Waals surface area contributed by atoms with Crippen molar-refractivity contribution in [3.63, 3.8) is 0 Å². The lowest BCUT2D eigenvalue weighted by Gasteiger charge is -2.39. The molecule has 12 heteroatoms. The van der Waals surface area contributed by atoms with E-state index in [1.54, 1.807) is 30.9 Å². The van der Waals surface area contributed by atoms with Crippen LogP contribution in [0.4, 0.5) is 14.7 Å². The van der Waals surface area contributed by atoms with E-state index in [0.717, 1.165) is 42.5 Å². The molecule has 0 saturated carbocycles. The van der Waals surface area contributed by atoms with Crippen LogP contribution in [0.3, 0.4) is 0 Å². The lowest BCUT2D eigenvalue weighted by Crippen LogP contribution is -2.33. The standard InChI is InChI=1S/C28H28F2N6O2S2/c1-5-17-12-13-28(39-3,26-18(17)14-23(34-35-26)25-20(29)8-6-9-21(25)30)24-11-7-10-22(33-24)19-15-31-27(32-16(19)2)36-40(4,37)38/h6-11,14-15,17H,5,12-13H2,1-4H3,(H,31,32,36)/t17-,28-/m0/s1. The highest BCUT2D eigenvalue weighted by molar-refractivity contribution is 7.99. The number of halogens is 2. The number of aryl methyl sites for hydroxylation is 1. The van der Waals surface area contributed by atoms with Gasteiger partial charge in [-0.15, -0.1) is 16.9 Å². The predicted molar refractivity (Wildman–Crippen MR) is 152 cm³/mol. The Labute approximate surface area is 236 Å². The van der Waals surface area contributed by atoms with Gasteiger partial charge < -0.3 is 0 Å². The number of aromatic nitrogens is 5. The summed E-state index contributed by atoms with van der Waals surface area (Å²) in [6, 6.07) is 11.2. The van der Waals surface area contributed by atoms with Gasteiger partial charge in [0.25, 0.3) is 0 Å². The molecule has 1 N–H and O–H groups in total. The number of fused-ring (bicyclic) bond motifs is 1. The number of thioether (sulfide) groups is 1. The second-order valence-corrected chi connectivity index (χ2v) is 12.6. The molecule has 4 aromatic rings. The lowest BCUT2D eigenvalue weighted by atomic mass is 9.76. The largest absolute Gasteiger partial charge is 0.251 e. The average molecular weight is 583 g/mol. The number of hydrogen-bond acceptors (Lipinski definition) is 8. The molecule has 208 valence electrons. The molecular weight excluding hydrogens is 554 g/mol. The summed E-state index contributed by atoms with van der Waals surface area (Å²) in [6.07, 6.45) is 7.03. The van der Waals surface area contributed by atoms with Gasteiger partial charge >= 0.3 is 0 Å². The van der Waals surface area contributed by atoms with E-state index in [2.05, 4.69) is 31.8 Å². The van der Waals surface area contributed by atoms with Crippen LogP contribution < -0.4 is 4.72 Å². The first kappa shape index (κ1) is 28.0. The minimum Gasteiger partial charge on any atom is -0.251 e. The van der Waals surface area contributed by atoms with Gasteiger partial charge in [0.1, 0.15) is 16.4 Å². The van der Waals surface area contributed by atoms with Crippen molar-refractivity contribution in [3.8, 4) is 22.5 Å². The summed E-state index contributed by atoms with van der Waals surface area (Å²) in [4.78, 5) is 13.5. The summed E-state index contributed by atoms with van der Waals surface area (Å²) in [5.41, 5.74) is 4.27. The molecule has 1 aromatic carbocycles. The van der Waals surface area contributed by atoms with E-state index in [1.807, 2.05) is 24.5 Å². The first-order chi connectivity index (χ1) is 19.1. The van der Waals surface area contributed by atoms with Crippen LogP contribution in [0.5, 0.6) is 0 Å². The Morgan fingerprint density at radius 3 is 2.45 bits per heavy atom. The molecule has 0 amide bonds. The minimum absolute atomic E-state index is 0.00956. The third-order valence-electron chi connectivity index (χ3n) is 7.25. The topological polar surface area (TPSA) is 111 Å². The van der Waals surface area contributed by atoms with Gasteiger partial charge in [-0.1, -0.05) is 19.1 Å². The molecule has 0 unspecified atom stereocenters. The van der Waals surface area contributed by atoms with Gasteiger partial charge in [-0.3, -0.25) is 9.71 Å². The van der Waals surface area contributed by atoms with Crippen LogP contribution in [0, 0.1) is 18.6 Å². The molecule has 2 atom stereocenters. The number of hydrogen-bond donors (Lipinski definition) is 1. The van der Waals surface area contributed by atoms with Gasteiger partial charge in [-0.2, -0.15) is 5.10 Å². The molecule has 8 nitrogen and oxygen atoms in total. The van der Waals surface area contributed by atoms with E-state index in [-0.39, 0.29) is 23.1 Å². The maximum Gasteiger partial charge on any atom is 0.236 e. The highest BCUT2D eigenvalue weighted by Crippen LogP contribution is 2.52. The van der Waals surface area contributed by atoms with E-state index in [1.165, 1.54) is 18.2 Å². The summed E-state index contributed by atoms with van der Waals surface area (Å²) in [6.45, 7) is 3.86. The average Bonchev–Trinajstić information content (AvgIpc) is 2.91. The van der Waals surface area contributed by atoms with E-state index in [9.17, 15) is 17.2 Å². The summed E-state index contributed by atoms with van der Waals surface area (Å²) < 4.78 is 54.0. The van der Waals surface area contributed by atoms with Crippen LogP contribution in [-0.2, 0) is 14.8 Å². The first-order valence-electron chi connectivity index (χ1n) is 12.7. The number of rotatable bonds is 7. The molecule has 3 heterocycles. The smallest absolute Gasteiger partial charge is 0.236 e. The fourth-order valence-electron chi connectivity index (χ4n) is 5.27. The summed E-state index contributed by atoms with van der Waals surface area (Å²) >= 11 is 1.61. The van der Waals surface area contributed by atoms with E-state index < -0.39 is 26.4 Å². The van der Waals surface area contributed by atoms with Crippen LogP contribution in [0.2, 0.25) is 0 Å². The molecule has 0 radical (unpaired) electrons. The van der Waals surface area contributed by atoms with Crippen LogP contribution in [-0.4, -0.2) is 46.1 Å². The molecule has 0 saturated heterocycles. The lowest BCUT2D eigenvalue weighted by molar-refractivity contribution is 0.462. The van der Waals surface area contributed by atoms with Crippen molar-refractivity contribution in [1.29, 1.82) is 0 Å². The van der Waals surface area contributed by atoms with Crippen molar-refractivity contribution in [1.82, 2.24) is 25.1 Å². The maximum absolute atomic E-state index is 14.6. The minimum atomic E-state index is -3.51. The number of benzene rings is 1. The Kier molecular flexibility index (Phi) is 7.58. The Morgan fingerprint density at radius 2 is 1.80 bits per heavy atom. The number of anilines is 1. The fourth-order valence-corrected chi connectivity index (χ4v) is 6.69. The molecule has 3 aromatic heterocycles. The maximum atomic E-state index is 14.6. The molecule has 5 rings (SSSR count). The monoisotopic (exact) mass is 582 g/mol. The van der Waals surface area contributed by atoms with Gasteiger partial charge in [0.05, 0.1) is 40.3 Å². The molecular formula is C28H28F2N6O2S2. The van der Waals surface area contributed by atoms with E-state index >= 15 is 0 Å². The SMILES string of the molecule is CC[C@H]1CC[C@](SC)(c2cccc(-c3cnc(NS(C)(=O)=O)nc3C)n2)c2nnc(-c3c(F)cccc3F)cc21. The number of pyridine rings is 1. The molecule has 0 bridgehead atoms. The van der Waals surface area contributed by atoms with E-state index in [0.29, 0.717) is 17.0 Å². The van der Waals surface area contributed by atoms with Gasteiger partial charge in [0, 0.05) is 11.8 Å². The van der Waals surface area contributed by atoms with Crippen LogP contribution in [0.15, 0.2) is 48.7 Å². The van der Waals surface area contributed by atoms with Crippen molar-refractivity contribution in [2.24, 2.45) is 0 Å². The highest BCUT2D eigenvalue weighted by atomic mass is 32.2. The zero-order valence-corrected chi connectivity index (χ0v) is 24.1. The molecule has 40 heavy (non-hydrogen) atoms. The molecule has 0 fully saturated rings. The molecule has 0 aliphatic heterocycles. The predicted octanol–water partition coefficient (Wildman–Crippen LogP) is 5.85. The van der Waals surface area contributed by atoms with Crippen molar-refractivity contribution in [3.05, 3.63) is 82.9 Å². The molecule has 0 spiro atoms.